The Labute approximate surface area is 176 Å². The summed E-state index contributed by atoms with van der Waals surface area (Å²) in [7, 11) is -3.32. The van der Waals surface area contributed by atoms with E-state index in [-0.39, 0.29) is 34.2 Å². The van der Waals surface area contributed by atoms with E-state index in [0.29, 0.717) is 12.8 Å². The monoisotopic (exact) mass is 468 g/mol. The van der Waals surface area contributed by atoms with Crippen LogP contribution in [0.3, 0.4) is 0 Å². The minimum Gasteiger partial charge on any atom is -0.316 e. The Hall–Kier alpha value is -1.26. The Balaban J connectivity index is 2.07. The summed E-state index contributed by atoms with van der Waals surface area (Å²) in [6.07, 6.45) is -3.47. The van der Waals surface area contributed by atoms with Gasteiger partial charge < -0.3 is 4.90 Å². The van der Waals surface area contributed by atoms with Gasteiger partial charge >= 0.3 is 6.18 Å². The van der Waals surface area contributed by atoms with E-state index >= 15 is 0 Å². The number of hydrogen-bond donors (Lipinski definition) is 0. The van der Waals surface area contributed by atoms with Crippen LogP contribution in [0.5, 0.6) is 0 Å². The fourth-order valence-electron chi connectivity index (χ4n) is 3.57. The van der Waals surface area contributed by atoms with Crippen LogP contribution in [0.2, 0.25) is 5.02 Å². The number of alkyl halides is 3. The van der Waals surface area contributed by atoms with Gasteiger partial charge in [0.15, 0.2) is 15.0 Å². The first-order valence-corrected chi connectivity index (χ1v) is 12.2. The second-order valence-electron chi connectivity index (χ2n) is 7.08. The van der Waals surface area contributed by atoms with Gasteiger partial charge in [0.05, 0.1) is 28.1 Å². The Morgan fingerprint density at radius 1 is 1.31 bits per heavy atom. The van der Waals surface area contributed by atoms with Crippen molar-refractivity contribution in [2.75, 3.05) is 16.4 Å². The molecule has 0 aromatic heterocycles. The summed E-state index contributed by atoms with van der Waals surface area (Å²) in [5, 5.41) is -0.601. The minimum absolute atomic E-state index is 0.100. The zero-order valence-electron chi connectivity index (χ0n) is 15.7. The number of thioether (sulfide) groups is 1. The molecule has 2 aliphatic rings. The Morgan fingerprint density at radius 2 is 1.97 bits per heavy atom. The molecule has 0 unspecified atom stereocenters. The van der Waals surface area contributed by atoms with E-state index in [4.69, 9.17) is 11.6 Å². The van der Waals surface area contributed by atoms with Crippen molar-refractivity contribution in [3.8, 4) is 0 Å². The van der Waals surface area contributed by atoms with Crippen LogP contribution < -0.4 is 4.90 Å². The molecular weight excluding hydrogens is 449 g/mol. The van der Waals surface area contributed by atoms with Crippen molar-refractivity contribution in [2.45, 2.75) is 44.2 Å². The minimum atomic E-state index is -4.66. The third kappa shape index (κ3) is 4.59. The van der Waals surface area contributed by atoms with Crippen molar-refractivity contribution in [1.29, 1.82) is 0 Å². The first kappa shape index (κ1) is 22.4. The second kappa shape index (κ2) is 8.11. The van der Waals surface area contributed by atoms with E-state index in [0.717, 1.165) is 23.9 Å². The standard InChI is InChI=1S/C18H20ClF3N2O3S2/c1-3-10(4-2)16(25)23-17-24(14-8-29(26,27)9-15(14)28-17)11-5-6-13(19)12(7-11)18(20,21)22/h5-7,10,14-15H,3-4,8-9H2,1-2H3/t14-,15-/m1/s1. The second-order valence-corrected chi connectivity index (χ2v) is 10.8. The van der Waals surface area contributed by atoms with Crippen LogP contribution >= 0.6 is 23.4 Å². The lowest BCUT2D eigenvalue weighted by molar-refractivity contribution is -0.137. The summed E-state index contributed by atoms with van der Waals surface area (Å²) in [6.45, 7) is 3.73. The summed E-state index contributed by atoms with van der Waals surface area (Å²) >= 11 is 6.85. The molecule has 1 aromatic rings. The van der Waals surface area contributed by atoms with E-state index in [9.17, 15) is 26.4 Å². The number of amides is 1. The lowest BCUT2D eigenvalue weighted by Gasteiger charge is -2.26. The summed E-state index contributed by atoms with van der Waals surface area (Å²) in [6, 6.07) is 2.82. The number of nitrogens with zero attached hydrogens (tertiary/aromatic N) is 2. The molecule has 0 bridgehead atoms. The zero-order valence-corrected chi connectivity index (χ0v) is 18.1. The molecule has 1 aromatic carbocycles. The van der Waals surface area contributed by atoms with E-state index < -0.39 is 37.9 Å². The summed E-state index contributed by atoms with van der Waals surface area (Å²) < 4.78 is 64.1. The van der Waals surface area contributed by atoms with Crippen molar-refractivity contribution >= 4 is 50.0 Å². The Kier molecular flexibility index (Phi) is 6.27. The summed E-state index contributed by atoms with van der Waals surface area (Å²) in [5.74, 6) is -0.941. The van der Waals surface area contributed by atoms with Crippen LogP contribution in [-0.4, -0.2) is 42.3 Å². The quantitative estimate of drug-likeness (QED) is 0.655. The first-order chi connectivity index (χ1) is 13.5. The Morgan fingerprint density at radius 3 is 2.55 bits per heavy atom. The third-order valence-corrected chi connectivity index (χ3v) is 8.68. The van der Waals surface area contributed by atoms with Crippen LogP contribution in [0.25, 0.3) is 0 Å². The highest BCUT2D eigenvalue weighted by atomic mass is 35.5. The molecule has 2 saturated heterocycles. The number of halogens is 4. The number of benzene rings is 1. The number of carbonyl (C=O) groups is 1. The maximum Gasteiger partial charge on any atom is 0.417 e. The van der Waals surface area contributed by atoms with E-state index in [2.05, 4.69) is 4.99 Å². The predicted octanol–water partition coefficient (Wildman–Crippen LogP) is 4.40. The average Bonchev–Trinajstić information content (AvgIpc) is 3.06. The van der Waals surface area contributed by atoms with Crippen LogP contribution in [0.15, 0.2) is 23.2 Å². The fraction of sp³-hybridized carbons (Fsp3) is 0.556. The number of hydrogen-bond acceptors (Lipinski definition) is 4. The first-order valence-electron chi connectivity index (χ1n) is 9.12. The molecule has 11 heteroatoms. The largest absolute Gasteiger partial charge is 0.417 e. The van der Waals surface area contributed by atoms with E-state index in [1.165, 1.54) is 11.0 Å². The molecule has 160 valence electrons. The molecule has 1 amide bonds. The predicted molar refractivity (Wildman–Crippen MR) is 109 cm³/mol. The molecule has 2 fully saturated rings. The van der Waals surface area contributed by atoms with Gasteiger partial charge in [0.1, 0.15) is 0 Å². The van der Waals surface area contributed by atoms with Gasteiger partial charge in [0.25, 0.3) is 5.91 Å². The van der Waals surface area contributed by atoms with Crippen LogP contribution in [0.1, 0.15) is 32.3 Å². The highest BCUT2D eigenvalue weighted by molar-refractivity contribution is 8.16. The van der Waals surface area contributed by atoms with Gasteiger partial charge in [-0.25, -0.2) is 8.42 Å². The molecule has 5 nitrogen and oxygen atoms in total. The van der Waals surface area contributed by atoms with Gasteiger partial charge in [-0.15, -0.1) is 0 Å². The fourth-order valence-corrected chi connectivity index (χ4v) is 7.71. The van der Waals surface area contributed by atoms with Crippen molar-refractivity contribution in [1.82, 2.24) is 0 Å². The molecule has 0 aliphatic carbocycles. The lowest BCUT2D eigenvalue weighted by atomic mass is 10.0. The smallest absolute Gasteiger partial charge is 0.316 e. The van der Waals surface area contributed by atoms with Crippen molar-refractivity contribution in [3.05, 3.63) is 28.8 Å². The van der Waals surface area contributed by atoms with Gasteiger partial charge in [-0.3, -0.25) is 4.79 Å². The SMILES string of the molecule is CCC(CC)C(=O)N=C1S[C@@H]2CS(=O)(=O)C[C@H]2N1c1ccc(Cl)c(C(F)(F)F)c1. The molecule has 29 heavy (non-hydrogen) atoms. The molecule has 2 heterocycles. The molecule has 0 spiro atoms. The molecule has 0 saturated carbocycles. The summed E-state index contributed by atoms with van der Waals surface area (Å²) in [5.41, 5.74) is -0.897. The normalized spacial score (nSPS) is 25.1. The van der Waals surface area contributed by atoms with Crippen LogP contribution in [-0.2, 0) is 20.8 Å². The van der Waals surface area contributed by atoms with E-state index in [1.54, 1.807) is 0 Å². The van der Waals surface area contributed by atoms with Gasteiger partial charge in [-0.2, -0.15) is 18.2 Å². The topological polar surface area (TPSA) is 66.8 Å². The van der Waals surface area contributed by atoms with Gasteiger partial charge in [-0.05, 0) is 31.0 Å². The zero-order chi connectivity index (χ0) is 21.6. The number of fused-ring (bicyclic) bond motifs is 1. The maximum absolute atomic E-state index is 13.3. The highest BCUT2D eigenvalue weighted by Crippen LogP contribution is 2.43. The average molecular weight is 469 g/mol. The van der Waals surface area contributed by atoms with Crippen molar-refractivity contribution in [3.63, 3.8) is 0 Å². The molecule has 0 N–H and O–H groups in total. The molecule has 2 atom stereocenters. The Bertz CT molecular complexity index is 946. The van der Waals surface area contributed by atoms with Crippen molar-refractivity contribution < 1.29 is 26.4 Å². The highest BCUT2D eigenvalue weighted by Gasteiger charge is 2.50. The number of carbonyl (C=O) groups excluding carboxylic acids is 1. The molecular formula is C18H20ClF3N2O3S2. The molecule has 2 aliphatic heterocycles. The van der Waals surface area contributed by atoms with Crippen LogP contribution in [0, 0.1) is 5.92 Å². The maximum atomic E-state index is 13.3. The van der Waals surface area contributed by atoms with Gasteiger partial charge in [0.2, 0.25) is 0 Å². The number of anilines is 1. The number of rotatable bonds is 4. The molecule has 0 radical (unpaired) electrons. The molecule has 3 rings (SSSR count). The lowest BCUT2D eigenvalue weighted by Crippen LogP contribution is -2.38. The summed E-state index contributed by atoms with van der Waals surface area (Å²) in [4.78, 5) is 18.1. The van der Waals surface area contributed by atoms with Crippen molar-refractivity contribution in [2.24, 2.45) is 10.9 Å². The third-order valence-electron chi connectivity index (χ3n) is 5.14. The number of aliphatic imine (C=N–C) groups is 1. The van der Waals surface area contributed by atoms with E-state index in [1.807, 2.05) is 13.8 Å². The van der Waals surface area contributed by atoms with Crippen LogP contribution in [0.4, 0.5) is 18.9 Å². The van der Waals surface area contributed by atoms with Gasteiger partial charge in [0, 0.05) is 16.9 Å². The number of sulfone groups is 1. The van der Waals surface area contributed by atoms with Gasteiger partial charge in [-0.1, -0.05) is 37.2 Å². The number of amidine groups is 1.